The van der Waals surface area contributed by atoms with Gasteiger partial charge in [0.05, 0.1) is 20.1 Å². The summed E-state index contributed by atoms with van der Waals surface area (Å²) in [6.45, 7) is 3.33. The molecule has 0 saturated carbocycles. The topological polar surface area (TPSA) is 67.9 Å². The molecule has 1 aliphatic heterocycles. The lowest BCUT2D eigenvalue weighted by molar-refractivity contribution is -0.124. The van der Waals surface area contributed by atoms with Gasteiger partial charge in [0.2, 0.25) is 5.91 Å². The van der Waals surface area contributed by atoms with E-state index in [-0.39, 0.29) is 23.7 Å². The molecule has 160 valence electrons. The van der Waals surface area contributed by atoms with Crippen LogP contribution in [0.1, 0.15) is 35.2 Å². The lowest BCUT2D eigenvalue weighted by Crippen LogP contribution is -2.36. The van der Waals surface area contributed by atoms with Gasteiger partial charge in [0.25, 0.3) is 5.91 Å². The van der Waals surface area contributed by atoms with Crippen molar-refractivity contribution in [3.63, 3.8) is 0 Å². The number of nitrogens with zero attached hydrogens (tertiary/aromatic N) is 1. The minimum absolute atomic E-state index is 0.0619. The van der Waals surface area contributed by atoms with E-state index in [0.29, 0.717) is 41.7 Å². The maximum Gasteiger partial charge on any atom is 0.253 e. The minimum Gasteiger partial charge on any atom is -0.497 e. The first-order chi connectivity index (χ1) is 14.5. The molecule has 0 bridgehead atoms. The maximum atomic E-state index is 13.1. The molecule has 1 N–H and O–H groups in total. The molecule has 6 nitrogen and oxygen atoms in total. The molecule has 0 aromatic heterocycles. The first kappa shape index (κ1) is 22.0. The molecule has 2 aromatic carbocycles. The normalized spacial score (nSPS) is 18.2. The number of likely N-dealkylation sites (tertiary alicyclic amines) is 1. The predicted octanol–water partition coefficient (Wildman–Crippen LogP) is 3.74. The second-order valence-electron chi connectivity index (χ2n) is 7.33. The van der Waals surface area contributed by atoms with E-state index in [9.17, 15) is 9.59 Å². The molecule has 3 rings (SSSR count). The highest BCUT2D eigenvalue weighted by Crippen LogP contribution is 2.40. The molecule has 1 aliphatic rings. The fraction of sp³-hybridized carbons (Fsp3) is 0.391. The van der Waals surface area contributed by atoms with Gasteiger partial charge in [-0.15, -0.1) is 0 Å². The number of carbonyl (C=O) groups excluding carboxylic acids is 2. The van der Waals surface area contributed by atoms with E-state index in [0.717, 1.165) is 12.0 Å². The molecule has 1 heterocycles. The molecule has 0 radical (unpaired) electrons. The molecule has 2 amide bonds. The Morgan fingerprint density at radius 1 is 1.13 bits per heavy atom. The smallest absolute Gasteiger partial charge is 0.253 e. The van der Waals surface area contributed by atoms with Gasteiger partial charge < -0.3 is 19.7 Å². The van der Waals surface area contributed by atoms with Crippen molar-refractivity contribution in [1.82, 2.24) is 10.2 Å². The van der Waals surface area contributed by atoms with Gasteiger partial charge in [-0.3, -0.25) is 9.59 Å². The van der Waals surface area contributed by atoms with E-state index in [4.69, 9.17) is 21.1 Å². The highest BCUT2D eigenvalue weighted by Gasteiger charge is 2.41. The molecule has 1 fully saturated rings. The van der Waals surface area contributed by atoms with Crippen molar-refractivity contribution in [3.05, 3.63) is 58.6 Å². The van der Waals surface area contributed by atoms with Crippen LogP contribution in [-0.2, 0) is 4.79 Å². The van der Waals surface area contributed by atoms with E-state index in [1.165, 1.54) is 0 Å². The van der Waals surface area contributed by atoms with Gasteiger partial charge in [0.1, 0.15) is 11.5 Å². The van der Waals surface area contributed by atoms with Gasteiger partial charge in [0, 0.05) is 41.7 Å². The largest absolute Gasteiger partial charge is 0.497 e. The first-order valence-corrected chi connectivity index (χ1v) is 10.4. The molecule has 2 unspecified atom stereocenters. The Hall–Kier alpha value is -2.73. The zero-order valence-corrected chi connectivity index (χ0v) is 18.2. The van der Waals surface area contributed by atoms with Gasteiger partial charge in [-0.2, -0.15) is 0 Å². The summed E-state index contributed by atoms with van der Waals surface area (Å²) in [6, 6.07) is 12.4. The van der Waals surface area contributed by atoms with Crippen molar-refractivity contribution >= 4 is 23.4 Å². The SMILES string of the molecule is CCCNC(=O)C1CN(C(=O)c2cccc(Cl)c2)CC1c1cc(OC)ccc1OC. The lowest BCUT2D eigenvalue weighted by atomic mass is 9.87. The average Bonchev–Trinajstić information content (AvgIpc) is 3.21. The number of carbonyl (C=O) groups is 2. The number of halogens is 1. The summed E-state index contributed by atoms with van der Waals surface area (Å²) in [5.41, 5.74) is 1.36. The average molecular weight is 431 g/mol. The van der Waals surface area contributed by atoms with Crippen LogP contribution >= 0.6 is 11.6 Å². The summed E-state index contributed by atoms with van der Waals surface area (Å²) in [5, 5.41) is 3.48. The summed E-state index contributed by atoms with van der Waals surface area (Å²) in [7, 11) is 3.20. The Bertz CT molecular complexity index is 918. The van der Waals surface area contributed by atoms with E-state index in [1.807, 2.05) is 25.1 Å². The van der Waals surface area contributed by atoms with Crippen molar-refractivity contribution in [2.45, 2.75) is 19.3 Å². The maximum absolute atomic E-state index is 13.1. The van der Waals surface area contributed by atoms with Crippen LogP contribution in [0.4, 0.5) is 0 Å². The first-order valence-electron chi connectivity index (χ1n) is 10.0. The quantitative estimate of drug-likeness (QED) is 0.726. The third-order valence-electron chi connectivity index (χ3n) is 5.40. The third-order valence-corrected chi connectivity index (χ3v) is 5.64. The number of ether oxygens (including phenoxy) is 2. The molecule has 2 aromatic rings. The van der Waals surface area contributed by atoms with Crippen LogP contribution in [-0.4, -0.2) is 50.6 Å². The second kappa shape index (κ2) is 9.85. The van der Waals surface area contributed by atoms with Crippen LogP contribution in [0, 0.1) is 5.92 Å². The summed E-state index contributed by atoms with van der Waals surface area (Å²) < 4.78 is 10.9. The summed E-state index contributed by atoms with van der Waals surface area (Å²) in [5.74, 6) is 0.545. The zero-order valence-electron chi connectivity index (χ0n) is 17.5. The van der Waals surface area contributed by atoms with Crippen LogP contribution in [0.3, 0.4) is 0 Å². The van der Waals surface area contributed by atoms with Crippen molar-refractivity contribution < 1.29 is 19.1 Å². The van der Waals surface area contributed by atoms with Crippen molar-refractivity contribution in [1.29, 1.82) is 0 Å². The van der Waals surface area contributed by atoms with Crippen LogP contribution in [0.25, 0.3) is 0 Å². The predicted molar refractivity (Wildman–Crippen MR) is 116 cm³/mol. The standard InChI is InChI=1S/C23H27ClN2O4/c1-4-10-25-22(27)20-14-26(23(28)15-6-5-7-16(24)11-15)13-19(20)18-12-17(29-2)8-9-21(18)30-3/h5-9,11-12,19-20H,4,10,13-14H2,1-3H3,(H,25,27). The van der Waals surface area contributed by atoms with E-state index < -0.39 is 0 Å². The lowest BCUT2D eigenvalue weighted by Gasteiger charge is -2.21. The molecular formula is C23H27ClN2O4. The Morgan fingerprint density at radius 3 is 2.60 bits per heavy atom. The van der Waals surface area contributed by atoms with Crippen LogP contribution in [0.5, 0.6) is 11.5 Å². The van der Waals surface area contributed by atoms with Gasteiger partial charge in [-0.1, -0.05) is 24.6 Å². The number of hydrogen-bond donors (Lipinski definition) is 1. The number of benzene rings is 2. The molecule has 1 saturated heterocycles. The number of methoxy groups -OCH3 is 2. The van der Waals surface area contributed by atoms with Crippen molar-refractivity contribution in [3.8, 4) is 11.5 Å². The molecular weight excluding hydrogens is 404 g/mol. The third kappa shape index (κ3) is 4.70. The fourth-order valence-electron chi connectivity index (χ4n) is 3.86. The number of amides is 2. The van der Waals surface area contributed by atoms with Crippen LogP contribution in [0.15, 0.2) is 42.5 Å². The Morgan fingerprint density at radius 2 is 1.93 bits per heavy atom. The number of rotatable bonds is 7. The second-order valence-corrected chi connectivity index (χ2v) is 7.77. The summed E-state index contributed by atoms with van der Waals surface area (Å²) in [6.07, 6.45) is 0.844. The Labute approximate surface area is 182 Å². The molecule has 0 spiro atoms. The molecule has 30 heavy (non-hydrogen) atoms. The van der Waals surface area contributed by atoms with Crippen molar-refractivity contribution in [2.24, 2.45) is 5.92 Å². The summed E-state index contributed by atoms with van der Waals surface area (Å²) in [4.78, 5) is 27.8. The van der Waals surface area contributed by atoms with E-state index in [1.54, 1.807) is 43.4 Å². The monoisotopic (exact) mass is 430 g/mol. The van der Waals surface area contributed by atoms with Gasteiger partial charge in [0.15, 0.2) is 0 Å². The van der Waals surface area contributed by atoms with Crippen LogP contribution < -0.4 is 14.8 Å². The Kier molecular flexibility index (Phi) is 7.21. The van der Waals surface area contributed by atoms with E-state index in [2.05, 4.69) is 5.32 Å². The molecule has 7 heteroatoms. The highest BCUT2D eigenvalue weighted by atomic mass is 35.5. The number of nitrogens with one attached hydrogen (secondary N) is 1. The molecule has 2 atom stereocenters. The minimum atomic E-state index is -0.388. The van der Waals surface area contributed by atoms with Crippen molar-refractivity contribution in [2.75, 3.05) is 33.9 Å². The fourth-order valence-corrected chi connectivity index (χ4v) is 4.05. The number of hydrogen-bond acceptors (Lipinski definition) is 4. The van der Waals surface area contributed by atoms with Gasteiger partial charge in [-0.25, -0.2) is 0 Å². The highest BCUT2D eigenvalue weighted by molar-refractivity contribution is 6.30. The molecule has 0 aliphatic carbocycles. The van der Waals surface area contributed by atoms with Crippen LogP contribution in [0.2, 0.25) is 5.02 Å². The zero-order chi connectivity index (χ0) is 21.7. The summed E-state index contributed by atoms with van der Waals surface area (Å²) >= 11 is 6.06. The van der Waals surface area contributed by atoms with Gasteiger partial charge >= 0.3 is 0 Å². The Balaban J connectivity index is 1.95. The van der Waals surface area contributed by atoms with Gasteiger partial charge in [-0.05, 0) is 42.8 Å². The van der Waals surface area contributed by atoms with E-state index >= 15 is 0 Å².